The highest BCUT2D eigenvalue weighted by Gasteiger charge is 2.31. The molecule has 6 N–H and O–H groups in total. The molecule has 0 aliphatic carbocycles. The number of carbonyl (C=O) groups excluding carboxylic acids is 1. The summed E-state index contributed by atoms with van der Waals surface area (Å²) in [5.74, 6) is -1.93. The number of halogens is 1. The number of carboxylic acids is 1. The predicted molar refractivity (Wildman–Crippen MR) is 187 cm³/mol. The van der Waals surface area contributed by atoms with Crippen molar-refractivity contribution in [2.24, 2.45) is 0 Å². The van der Waals surface area contributed by atoms with Gasteiger partial charge in [-0.25, -0.2) is 4.39 Å². The third-order valence-electron chi connectivity index (χ3n) is 7.03. The molecule has 1 aromatic heterocycles. The number of carbonyl (C=O) groups is 2. The summed E-state index contributed by atoms with van der Waals surface area (Å²) in [5.41, 5.74) is 4.77. The van der Waals surface area contributed by atoms with Crippen LogP contribution in [0.1, 0.15) is 62.0 Å². The molecular formula is C38H47FN2O7. The van der Waals surface area contributed by atoms with Crippen LogP contribution >= 0.6 is 0 Å². The predicted octanol–water partition coefficient (Wildman–Crippen LogP) is 6.48. The second-order valence-corrected chi connectivity index (χ2v) is 11.3. The van der Waals surface area contributed by atoms with E-state index in [2.05, 4.69) is 11.9 Å². The summed E-state index contributed by atoms with van der Waals surface area (Å²) in [6.07, 6.45) is -0.757. The van der Waals surface area contributed by atoms with Gasteiger partial charge >= 0.3 is 5.97 Å². The van der Waals surface area contributed by atoms with E-state index in [1.807, 2.05) is 86.0 Å². The molecule has 0 aliphatic heterocycles. The molecule has 0 aliphatic rings. The Morgan fingerprint density at radius 1 is 0.875 bits per heavy atom. The lowest BCUT2D eigenvalue weighted by Gasteiger charge is -2.20. The van der Waals surface area contributed by atoms with Crippen LogP contribution in [-0.2, 0) is 11.3 Å². The molecule has 4 rings (SSSR count). The van der Waals surface area contributed by atoms with Crippen LogP contribution in [0, 0.1) is 5.82 Å². The molecule has 9 nitrogen and oxygen atoms in total. The number of anilines is 1. The van der Waals surface area contributed by atoms with Crippen LogP contribution in [0.25, 0.3) is 22.4 Å². The number of amides is 1. The number of para-hydroxylation sites is 1. The number of nitrogens with zero attached hydrogens (tertiary/aromatic N) is 1. The zero-order valence-corrected chi connectivity index (χ0v) is 27.7. The average molecular weight is 663 g/mol. The summed E-state index contributed by atoms with van der Waals surface area (Å²) < 4.78 is 16.0. The van der Waals surface area contributed by atoms with Gasteiger partial charge in [-0.05, 0) is 73.2 Å². The van der Waals surface area contributed by atoms with Crippen molar-refractivity contribution in [3.05, 3.63) is 115 Å². The molecule has 48 heavy (non-hydrogen) atoms. The summed E-state index contributed by atoms with van der Waals surface area (Å²) in [4.78, 5) is 25.0. The van der Waals surface area contributed by atoms with Gasteiger partial charge in [0.15, 0.2) is 0 Å². The minimum absolute atomic E-state index is 0.0939. The maximum absolute atomic E-state index is 14.0. The Balaban J connectivity index is 0.00000105. The van der Waals surface area contributed by atoms with E-state index in [1.54, 1.807) is 18.2 Å². The number of allylic oxidation sites excluding steroid dienone is 1. The first kappa shape index (κ1) is 39.6. The van der Waals surface area contributed by atoms with Crippen LogP contribution < -0.4 is 5.32 Å². The van der Waals surface area contributed by atoms with Gasteiger partial charge in [0.2, 0.25) is 0 Å². The van der Waals surface area contributed by atoms with Gasteiger partial charge in [-0.1, -0.05) is 68.5 Å². The number of nitrogens with one attached hydrogen (secondary N) is 1. The topological polar surface area (TPSA) is 152 Å². The first-order valence-corrected chi connectivity index (χ1v) is 15.8. The van der Waals surface area contributed by atoms with Crippen molar-refractivity contribution in [3.63, 3.8) is 0 Å². The molecule has 0 fully saturated rings. The largest absolute Gasteiger partial charge is 0.481 e. The standard InChI is InChI=1S/C33H35FN2O5.C3H6.C2H6O2/c1-21(2)31-30(33(41)35-25-11-7-4-8-12-25)29(22-9-5-3-6-10-22)32(23-13-15-24(34)16-14-23)36(31)18-17-26(37)19-27(38)20-28(39)40;1-3-2;3-1-2-4/h3-16,21,26-27,37-38H,17-20H2,1-2H3,(H,35,41)(H,39,40);3H,1H2,2H3;3-4H,1-2H2/t26-,27-;;/m1../s1. The fraction of sp³-hybridized carbons (Fsp3) is 0.316. The van der Waals surface area contributed by atoms with E-state index in [4.69, 9.17) is 15.3 Å². The van der Waals surface area contributed by atoms with Gasteiger partial charge in [0.1, 0.15) is 5.82 Å². The lowest BCUT2D eigenvalue weighted by atomic mass is 9.94. The van der Waals surface area contributed by atoms with E-state index < -0.39 is 24.6 Å². The van der Waals surface area contributed by atoms with E-state index in [9.17, 15) is 24.2 Å². The fourth-order valence-corrected chi connectivity index (χ4v) is 5.20. The molecule has 3 aromatic carbocycles. The molecular weight excluding hydrogens is 615 g/mol. The van der Waals surface area contributed by atoms with Gasteiger partial charge in [-0.3, -0.25) is 9.59 Å². The van der Waals surface area contributed by atoms with Crippen molar-refractivity contribution in [1.82, 2.24) is 4.57 Å². The van der Waals surface area contributed by atoms with Gasteiger partial charge < -0.3 is 35.4 Å². The van der Waals surface area contributed by atoms with Gasteiger partial charge in [-0.2, -0.15) is 0 Å². The molecule has 10 heteroatoms. The van der Waals surface area contributed by atoms with Crippen LogP contribution in [0.15, 0.2) is 97.6 Å². The number of aliphatic hydroxyl groups is 4. The highest BCUT2D eigenvalue weighted by atomic mass is 19.1. The molecule has 4 aromatic rings. The lowest BCUT2D eigenvalue weighted by Crippen LogP contribution is -2.22. The molecule has 258 valence electrons. The van der Waals surface area contributed by atoms with E-state index in [0.717, 1.165) is 11.3 Å². The molecule has 0 unspecified atom stereocenters. The molecule has 1 heterocycles. The quantitative estimate of drug-likeness (QED) is 0.0897. The van der Waals surface area contributed by atoms with Crippen molar-refractivity contribution < 1.29 is 39.5 Å². The molecule has 0 saturated heterocycles. The zero-order chi connectivity index (χ0) is 35.6. The second kappa shape index (κ2) is 20.6. The normalized spacial score (nSPS) is 11.8. The van der Waals surface area contributed by atoms with Crippen LogP contribution in [0.2, 0.25) is 0 Å². The number of carboxylic acid groups (broad SMARTS) is 1. The Morgan fingerprint density at radius 2 is 1.42 bits per heavy atom. The number of benzene rings is 3. The first-order valence-electron chi connectivity index (χ1n) is 15.8. The highest BCUT2D eigenvalue weighted by Crippen LogP contribution is 2.42. The van der Waals surface area contributed by atoms with E-state index in [1.165, 1.54) is 12.1 Å². The average Bonchev–Trinajstić information content (AvgIpc) is 3.41. The van der Waals surface area contributed by atoms with E-state index >= 15 is 0 Å². The van der Waals surface area contributed by atoms with Crippen molar-refractivity contribution >= 4 is 17.6 Å². The maximum atomic E-state index is 14.0. The Bertz CT molecular complexity index is 1550. The number of aliphatic hydroxyl groups excluding tert-OH is 4. The molecule has 1 amide bonds. The minimum Gasteiger partial charge on any atom is -0.481 e. The van der Waals surface area contributed by atoms with Gasteiger partial charge in [0.05, 0.1) is 43.1 Å². The van der Waals surface area contributed by atoms with Crippen molar-refractivity contribution in [3.8, 4) is 22.4 Å². The molecule has 0 saturated carbocycles. The van der Waals surface area contributed by atoms with Crippen molar-refractivity contribution in [2.75, 3.05) is 18.5 Å². The summed E-state index contributed by atoms with van der Waals surface area (Å²) in [6.45, 7) is 9.25. The Morgan fingerprint density at radius 3 is 1.92 bits per heavy atom. The highest BCUT2D eigenvalue weighted by molar-refractivity contribution is 6.12. The molecule has 0 bridgehead atoms. The Labute approximate surface area is 281 Å². The van der Waals surface area contributed by atoms with E-state index in [0.29, 0.717) is 28.1 Å². The smallest absolute Gasteiger partial charge is 0.305 e. The third kappa shape index (κ3) is 11.9. The maximum Gasteiger partial charge on any atom is 0.305 e. The Hall–Kier alpha value is -4.61. The summed E-state index contributed by atoms with van der Waals surface area (Å²) in [7, 11) is 0. The van der Waals surface area contributed by atoms with Crippen LogP contribution in [-0.4, -0.2) is 67.4 Å². The number of aliphatic carboxylic acids is 1. The summed E-state index contributed by atoms with van der Waals surface area (Å²) in [6, 6.07) is 24.8. The Kier molecular flexibility index (Phi) is 17.0. The van der Waals surface area contributed by atoms with Crippen LogP contribution in [0.5, 0.6) is 0 Å². The lowest BCUT2D eigenvalue weighted by molar-refractivity contribution is -0.139. The first-order chi connectivity index (χ1) is 23.0. The molecule has 0 radical (unpaired) electrons. The van der Waals surface area contributed by atoms with Gasteiger partial charge in [0.25, 0.3) is 5.91 Å². The molecule has 0 spiro atoms. The molecule has 2 atom stereocenters. The summed E-state index contributed by atoms with van der Waals surface area (Å²) >= 11 is 0. The van der Waals surface area contributed by atoms with Crippen LogP contribution in [0.4, 0.5) is 10.1 Å². The van der Waals surface area contributed by atoms with E-state index in [-0.39, 0.29) is 50.2 Å². The number of aromatic nitrogens is 1. The van der Waals surface area contributed by atoms with Crippen LogP contribution in [0.3, 0.4) is 0 Å². The number of hydrogen-bond donors (Lipinski definition) is 6. The van der Waals surface area contributed by atoms with Crippen molar-refractivity contribution in [1.29, 1.82) is 0 Å². The van der Waals surface area contributed by atoms with Gasteiger partial charge in [-0.15, -0.1) is 6.58 Å². The monoisotopic (exact) mass is 662 g/mol. The van der Waals surface area contributed by atoms with Crippen molar-refractivity contribution in [2.45, 2.75) is 64.7 Å². The minimum atomic E-state index is -1.18. The fourth-order valence-electron chi connectivity index (χ4n) is 5.20. The van der Waals surface area contributed by atoms with Gasteiger partial charge in [0, 0.05) is 23.5 Å². The zero-order valence-electron chi connectivity index (χ0n) is 27.7. The third-order valence-corrected chi connectivity index (χ3v) is 7.03. The summed E-state index contributed by atoms with van der Waals surface area (Å²) in [5, 5.41) is 48.0. The SMILES string of the molecule is C=CC.CC(C)c1c(C(=O)Nc2ccccc2)c(-c2ccccc2)c(-c2ccc(F)cc2)n1CC[C@@H](O)C[C@@H](O)CC(=O)O.OCCO. The number of hydrogen-bond acceptors (Lipinski definition) is 6. The number of rotatable bonds is 13. The second-order valence-electron chi connectivity index (χ2n) is 11.3.